The molecule has 1 amide bonds. The van der Waals surface area contributed by atoms with Crippen LogP contribution in [-0.4, -0.2) is 45.1 Å². The Kier molecular flexibility index (Phi) is 8.22. The van der Waals surface area contributed by atoms with Gasteiger partial charge in [0.1, 0.15) is 6.54 Å². The molecule has 1 saturated heterocycles. The number of hydrogen-bond acceptors (Lipinski definition) is 4. The standard InChI is InChI=1S/C22H27Cl2N3O3S/c1-31(29,30)27(21-12-19(23)11-20(24)13-21)16-22(28)25-14-17-5-7-18(8-6-17)15-26-9-3-2-4-10-26/h5-8,11-13H,2-4,9-10,14-16H2,1H3,(H,25,28). The van der Waals surface area contributed by atoms with Crippen LogP contribution in [0, 0.1) is 0 Å². The first kappa shape index (κ1) is 23.9. The summed E-state index contributed by atoms with van der Waals surface area (Å²) in [5.74, 6) is -0.418. The normalized spacial score (nSPS) is 14.9. The maximum atomic E-state index is 12.5. The molecule has 2 aromatic carbocycles. The van der Waals surface area contributed by atoms with E-state index in [0.29, 0.717) is 16.6 Å². The van der Waals surface area contributed by atoms with Crippen molar-refractivity contribution < 1.29 is 13.2 Å². The van der Waals surface area contributed by atoms with Crippen molar-refractivity contribution in [1.29, 1.82) is 0 Å². The van der Waals surface area contributed by atoms with Gasteiger partial charge in [0.2, 0.25) is 15.9 Å². The third-order valence-electron chi connectivity index (χ3n) is 5.19. The maximum absolute atomic E-state index is 12.5. The van der Waals surface area contributed by atoms with Crippen LogP contribution >= 0.6 is 23.2 Å². The Labute approximate surface area is 194 Å². The molecule has 1 heterocycles. The molecular formula is C22H27Cl2N3O3S. The molecule has 6 nitrogen and oxygen atoms in total. The number of carbonyl (C=O) groups is 1. The van der Waals surface area contributed by atoms with E-state index in [0.717, 1.165) is 35.8 Å². The second kappa shape index (κ2) is 10.7. The zero-order valence-electron chi connectivity index (χ0n) is 17.5. The lowest BCUT2D eigenvalue weighted by Crippen LogP contribution is -2.40. The number of piperidine rings is 1. The van der Waals surface area contributed by atoms with E-state index < -0.39 is 15.9 Å². The van der Waals surface area contributed by atoms with Gasteiger partial charge in [0.15, 0.2) is 0 Å². The van der Waals surface area contributed by atoms with E-state index in [1.165, 1.54) is 43.0 Å². The number of nitrogens with zero attached hydrogens (tertiary/aromatic N) is 2. The summed E-state index contributed by atoms with van der Waals surface area (Å²) < 4.78 is 25.4. The summed E-state index contributed by atoms with van der Waals surface area (Å²) in [5.41, 5.74) is 2.45. The molecule has 9 heteroatoms. The number of rotatable bonds is 8. The lowest BCUT2D eigenvalue weighted by Gasteiger charge is -2.26. The van der Waals surface area contributed by atoms with Crippen molar-refractivity contribution in [3.63, 3.8) is 0 Å². The Morgan fingerprint density at radius 1 is 1.00 bits per heavy atom. The number of anilines is 1. The van der Waals surface area contributed by atoms with Crippen molar-refractivity contribution in [3.8, 4) is 0 Å². The summed E-state index contributed by atoms with van der Waals surface area (Å²) in [6, 6.07) is 12.6. The highest BCUT2D eigenvalue weighted by atomic mass is 35.5. The molecule has 2 aromatic rings. The fourth-order valence-electron chi connectivity index (χ4n) is 3.61. The van der Waals surface area contributed by atoms with Crippen LogP contribution in [-0.2, 0) is 27.9 Å². The first-order valence-corrected chi connectivity index (χ1v) is 12.8. The molecular weight excluding hydrogens is 457 g/mol. The monoisotopic (exact) mass is 483 g/mol. The van der Waals surface area contributed by atoms with Crippen molar-refractivity contribution in [2.75, 3.05) is 30.2 Å². The minimum Gasteiger partial charge on any atom is -0.350 e. The van der Waals surface area contributed by atoms with Crippen molar-refractivity contribution in [2.45, 2.75) is 32.4 Å². The van der Waals surface area contributed by atoms with Crippen LogP contribution < -0.4 is 9.62 Å². The number of sulfonamides is 1. The van der Waals surface area contributed by atoms with Gasteiger partial charge in [-0.25, -0.2) is 8.42 Å². The molecule has 168 valence electrons. The number of benzene rings is 2. The molecule has 31 heavy (non-hydrogen) atoms. The van der Waals surface area contributed by atoms with Crippen LogP contribution in [0.15, 0.2) is 42.5 Å². The van der Waals surface area contributed by atoms with Crippen molar-refractivity contribution in [2.24, 2.45) is 0 Å². The second-order valence-electron chi connectivity index (χ2n) is 7.83. The Bertz CT molecular complexity index is 987. The van der Waals surface area contributed by atoms with E-state index in [-0.39, 0.29) is 12.2 Å². The van der Waals surface area contributed by atoms with Crippen LogP contribution in [0.3, 0.4) is 0 Å². The average Bonchev–Trinajstić information content (AvgIpc) is 2.71. The van der Waals surface area contributed by atoms with E-state index in [9.17, 15) is 13.2 Å². The number of likely N-dealkylation sites (tertiary alicyclic amines) is 1. The second-order valence-corrected chi connectivity index (χ2v) is 10.6. The van der Waals surface area contributed by atoms with E-state index in [1.54, 1.807) is 0 Å². The Balaban J connectivity index is 1.57. The molecule has 3 rings (SSSR count). The molecule has 1 N–H and O–H groups in total. The molecule has 0 atom stereocenters. The fraction of sp³-hybridized carbons (Fsp3) is 0.409. The molecule has 0 bridgehead atoms. The minimum atomic E-state index is -3.70. The largest absolute Gasteiger partial charge is 0.350 e. The number of amides is 1. The van der Waals surface area contributed by atoms with Gasteiger partial charge in [0.05, 0.1) is 11.9 Å². The Hall–Kier alpha value is -1.80. The van der Waals surface area contributed by atoms with Gasteiger partial charge in [-0.15, -0.1) is 0 Å². The first-order valence-electron chi connectivity index (χ1n) is 10.2. The van der Waals surface area contributed by atoms with Crippen LogP contribution in [0.4, 0.5) is 5.69 Å². The molecule has 0 unspecified atom stereocenters. The summed E-state index contributed by atoms with van der Waals surface area (Å²) >= 11 is 12.0. The molecule has 0 saturated carbocycles. The smallest absolute Gasteiger partial charge is 0.241 e. The Morgan fingerprint density at radius 2 is 1.58 bits per heavy atom. The predicted octanol–water partition coefficient (Wildman–Crippen LogP) is 4.06. The van der Waals surface area contributed by atoms with Crippen molar-refractivity contribution in [3.05, 3.63) is 63.6 Å². The maximum Gasteiger partial charge on any atom is 0.241 e. The zero-order chi connectivity index (χ0) is 22.4. The van der Waals surface area contributed by atoms with E-state index >= 15 is 0 Å². The quantitative estimate of drug-likeness (QED) is 0.614. The molecule has 1 aliphatic heterocycles. The van der Waals surface area contributed by atoms with Gasteiger partial charge in [-0.05, 0) is 55.3 Å². The topological polar surface area (TPSA) is 69.7 Å². The van der Waals surface area contributed by atoms with Gasteiger partial charge in [0.25, 0.3) is 0 Å². The highest BCUT2D eigenvalue weighted by Gasteiger charge is 2.21. The zero-order valence-corrected chi connectivity index (χ0v) is 19.8. The van der Waals surface area contributed by atoms with Crippen molar-refractivity contribution in [1.82, 2.24) is 10.2 Å². The SMILES string of the molecule is CS(=O)(=O)N(CC(=O)NCc1ccc(CN2CCCCC2)cc1)c1cc(Cl)cc(Cl)c1. The fourth-order valence-corrected chi connectivity index (χ4v) is 4.96. The molecule has 1 aliphatic rings. The van der Waals surface area contributed by atoms with Crippen LogP contribution in [0.25, 0.3) is 0 Å². The summed E-state index contributed by atoms with van der Waals surface area (Å²) in [6.45, 7) is 3.19. The van der Waals surface area contributed by atoms with Crippen LogP contribution in [0.5, 0.6) is 0 Å². The summed E-state index contributed by atoms with van der Waals surface area (Å²) in [7, 11) is -3.70. The van der Waals surface area contributed by atoms with Gasteiger partial charge in [-0.1, -0.05) is 53.9 Å². The van der Waals surface area contributed by atoms with Gasteiger partial charge in [0, 0.05) is 23.1 Å². The molecule has 0 aromatic heterocycles. The highest BCUT2D eigenvalue weighted by Crippen LogP contribution is 2.26. The number of halogens is 2. The Morgan fingerprint density at radius 3 is 2.16 bits per heavy atom. The highest BCUT2D eigenvalue weighted by molar-refractivity contribution is 7.92. The predicted molar refractivity (Wildman–Crippen MR) is 126 cm³/mol. The minimum absolute atomic E-state index is 0.247. The first-order chi connectivity index (χ1) is 14.7. The van der Waals surface area contributed by atoms with Crippen molar-refractivity contribution >= 4 is 44.8 Å². The molecule has 0 radical (unpaired) electrons. The number of hydrogen-bond donors (Lipinski definition) is 1. The summed E-state index contributed by atoms with van der Waals surface area (Å²) in [5, 5.41) is 3.37. The van der Waals surface area contributed by atoms with Crippen LogP contribution in [0.1, 0.15) is 30.4 Å². The lowest BCUT2D eigenvalue weighted by atomic mass is 10.1. The van der Waals surface area contributed by atoms with Gasteiger partial charge in [-0.3, -0.25) is 14.0 Å². The van der Waals surface area contributed by atoms with Gasteiger partial charge >= 0.3 is 0 Å². The van der Waals surface area contributed by atoms with Crippen LogP contribution in [0.2, 0.25) is 10.0 Å². The van der Waals surface area contributed by atoms with E-state index in [1.807, 2.05) is 12.1 Å². The van der Waals surface area contributed by atoms with Gasteiger partial charge in [-0.2, -0.15) is 0 Å². The molecule has 1 fully saturated rings. The van der Waals surface area contributed by atoms with E-state index in [2.05, 4.69) is 22.3 Å². The average molecular weight is 484 g/mol. The number of carbonyl (C=O) groups excluding carboxylic acids is 1. The van der Waals surface area contributed by atoms with E-state index in [4.69, 9.17) is 23.2 Å². The third kappa shape index (κ3) is 7.38. The molecule has 0 spiro atoms. The summed E-state index contributed by atoms with van der Waals surface area (Å²) in [6.07, 6.45) is 4.87. The van der Waals surface area contributed by atoms with Gasteiger partial charge < -0.3 is 5.32 Å². The third-order valence-corrected chi connectivity index (χ3v) is 6.77. The molecule has 0 aliphatic carbocycles. The summed E-state index contributed by atoms with van der Waals surface area (Å²) in [4.78, 5) is 14.9. The number of nitrogens with one attached hydrogen (secondary N) is 1. The lowest BCUT2D eigenvalue weighted by molar-refractivity contribution is -0.119.